The summed E-state index contributed by atoms with van der Waals surface area (Å²) in [5.74, 6) is 1.41. The largest absolute Gasteiger partial charge is 0.419 e. The predicted octanol–water partition coefficient (Wildman–Crippen LogP) is 2.83. The summed E-state index contributed by atoms with van der Waals surface area (Å²) in [4.78, 5) is 8.23. The molecule has 0 amide bonds. The number of hydrogen-bond acceptors (Lipinski definition) is 5. The third kappa shape index (κ3) is 4.15. The normalized spacial score (nSPS) is 29.0. The van der Waals surface area contributed by atoms with Crippen molar-refractivity contribution in [2.75, 3.05) is 42.6 Å². The van der Waals surface area contributed by atoms with E-state index in [-0.39, 0.29) is 23.4 Å². The molecule has 4 heterocycles. The van der Waals surface area contributed by atoms with Crippen molar-refractivity contribution in [3.05, 3.63) is 23.9 Å². The predicted molar refractivity (Wildman–Crippen MR) is 101 cm³/mol. The zero-order valence-corrected chi connectivity index (χ0v) is 16.6. The van der Waals surface area contributed by atoms with Crippen LogP contribution in [0.5, 0.6) is 0 Å². The second kappa shape index (κ2) is 7.48. The Kier molecular flexibility index (Phi) is 5.33. The lowest BCUT2D eigenvalue weighted by atomic mass is 9.91. The fourth-order valence-electron chi connectivity index (χ4n) is 4.97. The van der Waals surface area contributed by atoms with Gasteiger partial charge in [-0.25, -0.2) is 13.4 Å². The van der Waals surface area contributed by atoms with Gasteiger partial charge < -0.3 is 4.90 Å². The highest BCUT2D eigenvalue weighted by Gasteiger charge is 2.42. The van der Waals surface area contributed by atoms with Gasteiger partial charge >= 0.3 is 6.18 Å². The molecule has 4 rings (SSSR count). The van der Waals surface area contributed by atoms with Gasteiger partial charge in [-0.05, 0) is 56.2 Å². The minimum Gasteiger partial charge on any atom is -0.355 e. The summed E-state index contributed by atoms with van der Waals surface area (Å²) in [7, 11) is -2.88. The molecule has 0 aliphatic carbocycles. The van der Waals surface area contributed by atoms with E-state index in [1.54, 1.807) is 4.90 Å². The van der Waals surface area contributed by atoms with E-state index >= 15 is 0 Å². The van der Waals surface area contributed by atoms with E-state index in [0.29, 0.717) is 37.8 Å². The van der Waals surface area contributed by atoms with Crippen LogP contribution < -0.4 is 4.90 Å². The number of pyridine rings is 1. The number of alkyl halides is 3. The first kappa shape index (κ1) is 19.9. The zero-order chi connectivity index (χ0) is 19.9. The van der Waals surface area contributed by atoms with Crippen LogP contribution in [0.2, 0.25) is 0 Å². The molecule has 0 spiro atoms. The molecule has 0 saturated carbocycles. The van der Waals surface area contributed by atoms with Crippen LogP contribution in [-0.2, 0) is 16.0 Å². The van der Waals surface area contributed by atoms with Crippen LogP contribution in [0.3, 0.4) is 0 Å². The smallest absolute Gasteiger partial charge is 0.355 e. The average Bonchev–Trinajstić information content (AvgIpc) is 3.05. The fourth-order valence-corrected chi connectivity index (χ4v) is 6.56. The molecule has 0 N–H and O–H groups in total. The highest BCUT2D eigenvalue weighted by atomic mass is 32.2. The van der Waals surface area contributed by atoms with Crippen LogP contribution in [0, 0.1) is 11.8 Å². The van der Waals surface area contributed by atoms with Crippen LogP contribution >= 0.6 is 0 Å². The molecule has 1 aromatic rings. The Labute approximate surface area is 163 Å². The molecule has 0 bridgehead atoms. The number of sulfone groups is 1. The minimum absolute atomic E-state index is 0.0315. The number of rotatable bonds is 3. The second-order valence-corrected chi connectivity index (χ2v) is 10.6. The Morgan fingerprint density at radius 2 is 1.82 bits per heavy atom. The lowest BCUT2D eigenvalue weighted by Gasteiger charge is -2.41. The summed E-state index contributed by atoms with van der Waals surface area (Å²) in [6.07, 6.45) is 0.331. The van der Waals surface area contributed by atoms with Crippen molar-refractivity contribution in [2.24, 2.45) is 11.8 Å². The minimum atomic E-state index is -4.41. The standard InChI is InChI=1S/C19H26F3N3O2S/c20-19(21,22)16-2-1-7-23-18(16)25-9-4-15-3-8-24(17(15)13-25)12-14-5-10-28(26,27)11-6-14/h1-2,7,14-15,17H,3-6,8-13H2. The molecule has 28 heavy (non-hydrogen) atoms. The Morgan fingerprint density at radius 3 is 2.54 bits per heavy atom. The Hall–Kier alpha value is -1.35. The van der Waals surface area contributed by atoms with Crippen LogP contribution in [-0.4, -0.2) is 62.0 Å². The van der Waals surface area contributed by atoms with Crippen molar-refractivity contribution < 1.29 is 21.6 Å². The molecule has 0 radical (unpaired) electrons. The van der Waals surface area contributed by atoms with Crippen molar-refractivity contribution in [3.8, 4) is 0 Å². The molecule has 2 unspecified atom stereocenters. The van der Waals surface area contributed by atoms with Crippen LogP contribution in [0.4, 0.5) is 19.0 Å². The van der Waals surface area contributed by atoms with Crippen molar-refractivity contribution in [1.29, 1.82) is 0 Å². The van der Waals surface area contributed by atoms with E-state index in [2.05, 4.69) is 9.88 Å². The molecular weight excluding hydrogens is 391 g/mol. The number of anilines is 1. The van der Waals surface area contributed by atoms with Gasteiger partial charge in [-0.3, -0.25) is 4.90 Å². The van der Waals surface area contributed by atoms with Gasteiger partial charge in [0.25, 0.3) is 0 Å². The van der Waals surface area contributed by atoms with E-state index in [1.165, 1.54) is 12.3 Å². The highest BCUT2D eigenvalue weighted by molar-refractivity contribution is 7.91. The zero-order valence-electron chi connectivity index (χ0n) is 15.7. The maximum absolute atomic E-state index is 13.4. The first-order valence-corrected chi connectivity index (χ1v) is 11.8. The van der Waals surface area contributed by atoms with Gasteiger partial charge in [-0.15, -0.1) is 0 Å². The number of aromatic nitrogens is 1. The summed E-state index contributed by atoms with van der Waals surface area (Å²) >= 11 is 0. The van der Waals surface area contributed by atoms with Crippen molar-refractivity contribution in [2.45, 2.75) is 37.9 Å². The SMILES string of the molecule is O=S1(=O)CCC(CN2CCC3CCN(c4ncccc4C(F)(F)F)CC32)CC1. The molecule has 0 aromatic carbocycles. The first-order chi connectivity index (χ1) is 13.2. The van der Waals surface area contributed by atoms with Gasteiger partial charge in [-0.2, -0.15) is 13.2 Å². The number of fused-ring (bicyclic) bond motifs is 1. The molecule has 5 nitrogen and oxygen atoms in total. The Bertz CT molecular complexity index is 801. The lowest BCUT2D eigenvalue weighted by Crippen LogP contribution is -2.50. The van der Waals surface area contributed by atoms with E-state index in [0.717, 1.165) is 32.0 Å². The molecule has 156 valence electrons. The van der Waals surface area contributed by atoms with Gasteiger partial charge in [0, 0.05) is 31.9 Å². The average molecular weight is 417 g/mol. The van der Waals surface area contributed by atoms with Crippen LogP contribution in [0.25, 0.3) is 0 Å². The first-order valence-electron chi connectivity index (χ1n) is 9.94. The third-order valence-corrected chi connectivity index (χ3v) is 8.25. The molecule has 3 aliphatic rings. The summed E-state index contributed by atoms with van der Waals surface area (Å²) < 4.78 is 63.5. The highest BCUT2D eigenvalue weighted by Crippen LogP contribution is 2.39. The molecule has 3 saturated heterocycles. The summed E-state index contributed by atoms with van der Waals surface area (Å²) in [6.45, 7) is 2.94. The maximum atomic E-state index is 13.4. The third-order valence-electron chi connectivity index (χ3n) is 6.54. The van der Waals surface area contributed by atoms with Gasteiger partial charge in [0.05, 0.1) is 17.1 Å². The van der Waals surface area contributed by atoms with E-state index < -0.39 is 21.6 Å². The Morgan fingerprint density at radius 1 is 1.11 bits per heavy atom. The summed E-state index contributed by atoms with van der Waals surface area (Å²) in [5, 5.41) is 0. The van der Waals surface area contributed by atoms with Gasteiger partial charge in [0.2, 0.25) is 0 Å². The molecule has 3 fully saturated rings. The second-order valence-electron chi connectivity index (χ2n) is 8.31. The van der Waals surface area contributed by atoms with Gasteiger partial charge in [-0.1, -0.05) is 0 Å². The van der Waals surface area contributed by atoms with Gasteiger partial charge in [0.1, 0.15) is 15.7 Å². The molecule has 2 atom stereocenters. The lowest BCUT2D eigenvalue weighted by molar-refractivity contribution is -0.137. The van der Waals surface area contributed by atoms with Crippen molar-refractivity contribution in [3.63, 3.8) is 0 Å². The summed E-state index contributed by atoms with van der Waals surface area (Å²) in [6, 6.07) is 2.65. The molecule has 9 heteroatoms. The maximum Gasteiger partial charge on any atom is 0.419 e. The van der Waals surface area contributed by atoms with Crippen molar-refractivity contribution in [1.82, 2.24) is 9.88 Å². The van der Waals surface area contributed by atoms with E-state index in [1.807, 2.05) is 0 Å². The van der Waals surface area contributed by atoms with Crippen LogP contribution in [0.1, 0.15) is 31.2 Å². The van der Waals surface area contributed by atoms with E-state index in [9.17, 15) is 21.6 Å². The molecule has 3 aliphatic heterocycles. The topological polar surface area (TPSA) is 53.5 Å². The van der Waals surface area contributed by atoms with Crippen LogP contribution in [0.15, 0.2) is 18.3 Å². The number of piperidine rings is 1. The Balaban J connectivity index is 1.46. The number of likely N-dealkylation sites (tertiary alicyclic amines) is 1. The summed E-state index contributed by atoms with van der Waals surface area (Å²) in [5.41, 5.74) is -0.671. The molecular formula is C19H26F3N3O2S. The fraction of sp³-hybridized carbons (Fsp3) is 0.737. The van der Waals surface area contributed by atoms with Crippen molar-refractivity contribution >= 4 is 15.7 Å². The number of halogens is 3. The number of nitrogens with zero attached hydrogens (tertiary/aromatic N) is 3. The molecule has 1 aromatic heterocycles. The van der Waals surface area contributed by atoms with E-state index in [4.69, 9.17) is 0 Å². The monoisotopic (exact) mass is 417 g/mol. The van der Waals surface area contributed by atoms with Gasteiger partial charge in [0.15, 0.2) is 0 Å². The number of hydrogen-bond donors (Lipinski definition) is 0. The quantitative estimate of drug-likeness (QED) is 0.757.